The van der Waals surface area contributed by atoms with Gasteiger partial charge in [-0.1, -0.05) is 48.5 Å². The molecule has 0 saturated carbocycles. The number of ether oxygens (including phenoxy) is 1. The maximum atomic E-state index is 14.5. The van der Waals surface area contributed by atoms with Gasteiger partial charge in [-0.25, -0.2) is 14.4 Å². The van der Waals surface area contributed by atoms with Crippen LogP contribution >= 0.6 is 0 Å². The van der Waals surface area contributed by atoms with E-state index in [1.165, 1.54) is 12.1 Å². The van der Waals surface area contributed by atoms with Gasteiger partial charge in [0.15, 0.2) is 0 Å². The van der Waals surface area contributed by atoms with Crippen LogP contribution in [-0.2, 0) is 13.0 Å². The van der Waals surface area contributed by atoms with Gasteiger partial charge in [-0.2, -0.15) is 0 Å². The first-order valence-corrected chi connectivity index (χ1v) is 11.4. The Kier molecular flexibility index (Phi) is 5.91. The molecule has 1 atom stereocenters. The van der Waals surface area contributed by atoms with Crippen LogP contribution in [-0.4, -0.2) is 27.9 Å². The number of nitrogens with zero attached hydrogens (tertiary/aromatic N) is 3. The minimum Gasteiger partial charge on any atom is -0.497 e. The van der Waals surface area contributed by atoms with E-state index < -0.39 is 0 Å². The Bertz CT molecular complexity index is 1410. The zero-order valence-electron chi connectivity index (χ0n) is 19.5. The third-order valence-electron chi connectivity index (χ3n) is 6.37. The molecule has 1 aliphatic heterocycles. The van der Waals surface area contributed by atoms with Crippen LogP contribution in [0.5, 0.6) is 5.75 Å². The van der Waals surface area contributed by atoms with Crippen molar-refractivity contribution in [3.05, 3.63) is 107 Å². The number of anilines is 1. The topological polar surface area (TPSA) is 81.3 Å². The zero-order chi connectivity index (χ0) is 24.5. The van der Waals surface area contributed by atoms with Crippen LogP contribution in [0, 0.1) is 12.7 Å². The summed E-state index contributed by atoms with van der Waals surface area (Å²) in [6.07, 6.45) is 0.435. The molecule has 7 heteroatoms. The Hall–Kier alpha value is -4.26. The number of amides is 1. The van der Waals surface area contributed by atoms with Gasteiger partial charge in [0.25, 0.3) is 5.91 Å². The summed E-state index contributed by atoms with van der Waals surface area (Å²) in [5, 5.41) is 0. The van der Waals surface area contributed by atoms with Crippen LogP contribution < -0.4 is 10.5 Å². The highest BCUT2D eigenvalue weighted by Crippen LogP contribution is 2.40. The van der Waals surface area contributed by atoms with Crippen molar-refractivity contribution in [1.82, 2.24) is 14.9 Å². The largest absolute Gasteiger partial charge is 0.497 e. The molecule has 3 aromatic carbocycles. The van der Waals surface area contributed by atoms with Crippen LogP contribution in [0.2, 0.25) is 0 Å². The highest BCUT2D eigenvalue weighted by atomic mass is 19.1. The van der Waals surface area contributed by atoms with Gasteiger partial charge in [0.05, 0.1) is 30.1 Å². The fraction of sp³-hybridized carbons (Fsp3) is 0.179. The standard InChI is InChI=1S/C28H25FN4O2/c1-17-26-24(32-28(30)31-17)15-25(33(27(26)34)16-18-7-4-3-5-8-18)22-12-11-20(29)14-23(22)19-9-6-10-21(13-19)35-2/h3-14,25H,15-16H2,1-2H3,(H2,30,31,32). The Morgan fingerprint density at radius 2 is 1.86 bits per heavy atom. The van der Waals surface area contributed by atoms with E-state index in [9.17, 15) is 9.18 Å². The maximum absolute atomic E-state index is 14.5. The predicted molar refractivity (Wildman–Crippen MR) is 132 cm³/mol. The molecule has 1 amide bonds. The van der Waals surface area contributed by atoms with E-state index in [4.69, 9.17) is 10.5 Å². The van der Waals surface area contributed by atoms with Gasteiger partial charge in [-0.05, 0) is 53.4 Å². The van der Waals surface area contributed by atoms with Crippen molar-refractivity contribution in [2.45, 2.75) is 25.9 Å². The maximum Gasteiger partial charge on any atom is 0.258 e. The molecule has 0 spiro atoms. The number of aryl methyl sites for hydroxylation is 1. The number of carbonyl (C=O) groups is 1. The van der Waals surface area contributed by atoms with E-state index >= 15 is 0 Å². The average Bonchev–Trinajstić information content (AvgIpc) is 2.86. The Morgan fingerprint density at radius 3 is 2.63 bits per heavy atom. The first kappa shape index (κ1) is 22.5. The van der Waals surface area contributed by atoms with Crippen LogP contribution in [0.25, 0.3) is 11.1 Å². The monoisotopic (exact) mass is 468 g/mol. The molecule has 176 valence electrons. The molecule has 2 N–H and O–H groups in total. The predicted octanol–water partition coefficient (Wildman–Crippen LogP) is 5.12. The lowest BCUT2D eigenvalue weighted by Gasteiger charge is -2.38. The summed E-state index contributed by atoms with van der Waals surface area (Å²) in [6, 6.07) is 21.6. The minimum absolute atomic E-state index is 0.136. The summed E-state index contributed by atoms with van der Waals surface area (Å²) in [5.41, 5.74) is 10.9. The Labute approximate surface area is 203 Å². The third kappa shape index (κ3) is 4.33. The normalized spacial score (nSPS) is 15.1. The molecule has 35 heavy (non-hydrogen) atoms. The fourth-order valence-corrected chi connectivity index (χ4v) is 4.76. The Balaban J connectivity index is 1.68. The van der Waals surface area contributed by atoms with Crippen molar-refractivity contribution in [2.75, 3.05) is 12.8 Å². The lowest BCUT2D eigenvalue weighted by Crippen LogP contribution is -2.41. The number of rotatable bonds is 5. The number of fused-ring (bicyclic) bond motifs is 1. The van der Waals surface area contributed by atoms with Gasteiger partial charge in [-0.15, -0.1) is 0 Å². The molecule has 5 rings (SSSR count). The lowest BCUT2D eigenvalue weighted by molar-refractivity contribution is 0.0625. The molecular formula is C28H25FN4O2. The summed E-state index contributed by atoms with van der Waals surface area (Å²) in [6.45, 7) is 2.16. The molecular weight excluding hydrogens is 443 g/mol. The molecule has 0 aliphatic carbocycles. The van der Waals surface area contributed by atoms with Crippen LogP contribution in [0.4, 0.5) is 10.3 Å². The molecule has 0 radical (unpaired) electrons. The number of halogens is 1. The molecule has 4 aromatic rings. The highest BCUT2D eigenvalue weighted by Gasteiger charge is 2.37. The van der Waals surface area contributed by atoms with Crippen LogP contribution in [0.1, 0.15) is 38.9 Å². The summed E-state index contributed by atoms with van der Waals surface area (Å²) in [7, 11) is 1.59. The quantitative estimate of drug-likeness (QED) is 0.440. The number of carbonyl (C=O) groups excluding carboxylic acids is 1. The van der Waals surface area contributed by atoms with Gasteiger partial charge in [0, 0.05) is 13.0 Å². The number of hydrogen-bond donors (Lipinski definition) is 1. The van der Waals surface area contributed by atoms with Crippen LogP contribution in [0.3, 0.4) is 0 Å². The number of methoxy groups -OCH3 is 1. The zero-order valence-corrected chi connectivity index (χ0v) is 19.5. The molecule has 1 unspecified atom stereocenters. The molecule has 1 aromatic heterocycles. The summed E-state index contributed by atoms with van der Waals surface area (Å²) < 4.78 is 19.9. The van der Waals surface area contributed by atoms with Gasteiger partial charge in [0.1, 0.15) is 11.6 Å². The minimum atomic E-state index is -0.384. The molecule has 0 saturated heterocycles. The molecule has 0 fully saturated rings. The second-order valence-corrected chi connectivity index (χ2v) is 8.59. The number of hydrogen-bond acceptors (Lipinski definition) is 5. The third-order valence-corrected chi connectivity index (χ3v) is 6.37. The lowest BCUT2D eigenvalue weighted by atomic mass is 9.87. The fourth-order valence-electron chi connectivity index (χ4n) is 4.76. The summed E-state index contributed by atoms with van der Waals surface area (Å²) in [5.74, 6) is 0.279. The second kappa shape index (κ2) is 9.18. The van der Waals surface area contributed by atoms with Gasteiger partial charge < -0.3 is 15.4 Å². The first-order valence-electron chi connectivity index (χ1n) is 11.4. The Morgan fingerprint density at radius 1 is 1.06 bits per heavy atom. The summed E-state index contributed by atoms with van der Waals surface area (Å²) in [4.78, 5) is 24.3. The number of nitrogen functional groups attached to an aromatic ring is 1. The van der Waals surface area contributed by atoms with Crippen molar-refractivity contribution in [3.63, 3.8) is 0 Å². The number of aromatic nitrogens is 2. The van der Waals surface area contributed by atoms with Crippen molar-refractivity contribution in [2.24, 2.45) is 0 Å². The molecule has 6 nitrogen and oxygen atoms in total. The van der Waals surface area contributed by atoms with Crippen molar-refractivity contribution in [1.29, 1.82) is 0 Å². The second-order valence-electron chi connectivity index (χ2n) is 8.59. The molecule has 1 aliphatic rings. The van der Waals surface area contributed by atoms with E-state index in [0.29, 0.717) is 41.2 Å². The van der Waals surface area contributed by atoms with E-state index in [1.807, 2.05) is 59.5 Å². The molecule has 2 heterocycles. The first-order chi connectivity index (χ1) is 16.9. The molecule has 0 bridgehead atoms. The van der Waals surface area contributed by atoms with E-state index in [-0.39, 0.29) is 23.7 Å². The van der Waals surface area contributed by atoms with E-state index in [2.05, 4.69) is 9.97 Å². The van der Waals surface area contributed by atoms with Gasteiger partial charge in [0.2, 0.25) is 5.95 Å². The average molecular weight is 469 g/mol. The van der Waals surface area contributed by atoms with Gasteiger partial charge in [-0.3, -0.25) is 4.79 Å². The van der Waals surface area contributed by atoms with Gasteiger partial charge >= 0.3 is 0 Å². The SMILES string of the molecule is COc1cccc(-c2cc(F)ccc2C2Cc3nc(N)nc(C)c3C(=O)N2Cc2ccccc2)c1. The van der Waals surface area contributed by atoms with Crippen molar-refractivity contribution in [3.8, 4) is 16.9 Å². The number of benzene rings is 3. The van der Waals surface area contributed by atoms with Crippen molar-refractivity contribution >= 4 is 11.9 Å². The van der Waals surface area contributed by atoms with E-state index in [1.54, 1.807) is 20.1 Å². The van der Waals surface area contributed by atoms with E-state index in [0.717, 1.165) is 16.7 Å². The van der Waals surface area contributed by atoms with Crippen molar-refractivity contribution < 1.29 is 13.9 Å². The summed E-state index contributed by atoms with van der Waals surface area (Å²) >= 11 is 0. The highest BCUT2D eigenvalue weighted by molar-refractivity contribution is 5.98. The number of nitrogens with two attached hydrogens (primary N) is 1. The van der Waals surface area contributed by atoms with Crippen LogP contribution in [0.15, 0.2) is 72.8 Å². The smallest absolute Gasteiger partial charge is 0.258 e.